The summed E-state index contributed by atoms with van der Waals surface area (Å²) in [6.07, 6.45) is -4.63. The summed E-state index contributed by atoms with van der Waals surface area (Å²) in [5.74, 6) is -1.40. The first-order valence-electron chi connectivity index (χ1n) is 9.24. The topological polar surface area (TPSA) is 84.3 Å². The third-order valence-corrected chi connectivity index (χ3v) is 4.65. The summed E-state index contributed by atoms with van der Waals surface area (Å²) in [5, 5.41) is 7.40. The van der Waals surface area contributed by atoms with Crippen LogP contribution in [-0.4, -0.2) is 40.1 Å². The number of rotatable bonds is 5. The summed E-state index contributed by atoms with van der Waals surface area (Å²) in [6, 6.07) is 11.4. The van der Waals surface area contributed by atoms with E-state index in [-0.39, 0.29) is 0 Å². The van der Waals surface area contributed by atoms with Crippen molar-refractivity contribution in [2.75, 3.05) is 18.9 Å². The fraction of sp³-hybridized carbons (Fsp3) is 0.238. The van der Waals surface area contributed by atoms with Gasteiger partial charge in [-0.1, -0.05) is 30.3 Å². The van der Waals surface area contributed by atoms with Crippen molar-refractivity contribution in [1.29, 1.82) is 0 Å². The number of hydrogen-bond donors (Lipinski definition) is 1. The molecule has 2 aromatic carbocycles. The van der Waals surface area contributed by atoms with Gasteiger partial charge in [0.05, 0.1) is 28.9 Å². The average molecular weight is 432 g/mol. The number of likely N-dealkylation sites (N-methyl/N-ethyl adjacent to an activating group) is 1. The van der Waals surface area contributed by atoms with Crippen LogP contribution in [0, 0.1) is 6.92 Å². The smallest absolute Gasteiger partial charge is 0.335 e. The quantitative estimate of drug-likeness (QED) is 0.672. The number of halogens is 3. The molecule has 3 aromatic rings. The second-order valence-corrected chi connectivity index (χ2v) is 6.94. The van der Waals surface area contributed by atoms with E-state index in [1.165, 1.54) is 19.2 Å². The first-order chi connectivity index (χ1) is 14.6. The van der Waals surface area contributed by atoms with Crippen LogP contribution < -0.4 is 10.9 Å². The zero-order valence-corrected chi connectivity index (χ0v) is 16.7. The zero-order valence-electron chi connectivity index (χ0n) is 16.7. The zero-order chi connectivity index (χ0) is 22.8. The number of alkyl halides is 3. The molecule has 162 valence electrons. The molecule has 0 aliphatic carbocycles. The molecule has 7 nitrogen and oxygen atoms in total. The Hall–Kier alpha value is -3.69. The van der Waals surface area contributed by atoms with Crippen LogP contribution in [0.1, 0.15) is 11.3 Å². The standard InChI is InChI=1S/C21H19F3N4O3/c1-13-14-7-3-4-8-15(14)20(31)28(26-13)12-19(30)27(2)11-18(29)25-17-10-6-5-9-16(17)21(22,23)24/h3-10H,11-12H2,1-2H3,(H,25,29). The van der Waals surface area contributed by atoms with Crippen molar-refractivity contribution in [3.63, 3.8) is 0 Å². The van der Waals surface area contributed by atoms with Gasteiger partial charge in [0, 0.05) is 12.4 Å². The van der Waals surface area contributed by atoms with Crippen LogP contribution in [0.2, 0.25) is 0 Å². The van der Waals surface area contributed by atoms with Gasteiger partial charge >= 0.3 is 6.18 Å². The van der Waals surface area contributed by atoms with Crippen molar-refractivity contribution in [2.24, 2.45) is 0 Å². The van der Waals surface area contributed by atoms with Gasteiger partial charge in [-0.3, -0.25) is 14.4 Å². The number of benzene rings is 2. The van der Waals surface area contributed by atoms with Crippen molar-refractivity contribution in [3.8, 4) is 0 Å². The number of nitrogens with one attached hydrogen (secondary N) is 1. The lowest BCUT2D eigenvalue weighted by atomic mass is 10.1. The molecule has 0 bridgehead atoms. The number of amides is 2. The molecule has 0 aliphatic heterocycles. The third kappa shape index (κ3) is 4.90. The number of aryl methyl sites for hydroxylation is 1. The van der Waals surface area contributed by atoms with Crippen LogP contribution in [0.15, 0.2) is 53.3 Å². The molecule has 1 aromatic heterocycles. The van der Waals surface area contributed by atoms with Gasteiger partial charge in [-0.05, 0) is 25.1 Å². The maximum absolute atomic E-state index is 13.1. The second kappa shape index (κ2) is 8.58. The van der Waals surface area contributed by atoms with Gasteiger partial charge in [-0.15, -0.1) is 0 Å². The van der Waals surface area contributed by atoms with E-state index in [4.69, 9.17) is 0 Å². The lowest BCUT2D eigenvalue weighted by molar-refractivity contribution is -0.137. The Bertz CT molecular complexity index is 1200. The van der Waals surface area contributed by atoms with E-state index < -0.39 is 47.9 Å². The first-order valence-corrected chi connectivity index (χ1v) is 9.24. The Morgan fingerprint density at radius 1 is 1.06 bits per heavy atom. The van der Waals surface area contributed by atoms with E-state index in [0.717, 1.165) is 21.7 Å². The van der Waals surface area contributed by atoms with Crippen molar-refractivity contribution in [3.05, 3.63) is 70.1 Å². The van der Waals surface area contributed by atoms with Gasteiger partial charge in [-0.25, -0.2) is 4.68 Å². The van der Waals surface area contributed by atoms with E-state index in [1.54, 1.807) is 31.2 Å². The van der Waals surface area contributed by atoms with Crippen molar-refractivity contribution >= 4 is 28.3 Å². The highest BCUT2D eigenvalue weighted by atomic mass is 19.4. The fourth-order valence-corrected chi connectivity index (χ4v) is 3.09. The normalized spacial score (nSPS) is 11.4. The van der Waals surface area contributed by atoms with Gasteiger partial charge in [0.15, 0.2) is 0 Å². The molecule has 0 saturated heterocycles. The number of para-hydroxylation sites is 1. The summed E-state index contributed by atoms with van der Waals surface area (Å²) in [5.41, 5.74) is -1.28. The molecule has 10 heteroatoms. The van der Waals surface area contributed by atoms with Gasteiger partial charge in [0.2, 0.25) is 11.8 Å². The molecule has 0 unspecified atom stereocenters. The van der Waals surface area contributed by atoms with E-state index >= 15 is 0 Å². The van der Waals surface area contributed by atoms with Crippen LogP contribution in [-0.2, 0) is 22.3 Å². The Morgan fingerprint density at radius 2 is 1.68 bits per heavy atom. The highest BCUT2D eigenvalue weighted by molar-refractivity contribution is 5.95. The van der Waals surface area contributed by atoms with Crippen molar-refractivity contribution < 1.29 is 22.8 Å². The molecule has 2 amide bonds. The minimum absolute atomic E-state index is 0.399. The number of aromatic nitrogens is 2. The molecule has 0 saturated carbocycles. The van der Waals surface area contributed by atoms with E-state index in [2.05, 4.69) is 10.4 Å². The summed E-state index contributed by atoms with van der Waals surface area (Å²) in [7, 11) is 1.32. The van der Waals surface area contributed by atoms with Gasteiger partial charge < -0.3 is 10.2 Å². The van der Waals surface area contributed by atoms with E-state index in [0.29, 0.717) is 16.5 Å². The predicted octanol–water partition coefficient (Wildman–Crippen LogP) is 2.82. The number of fused-ring (bicyclic) bond motifs is 1. The number of carbonyl (C=O) groups is 2. The summed E-state index contributed by atoms with van der Waals surface area (Å²) in [6.45, 7) is 0.803. The van der Waals surface area contributed by atoms with Gasteiger partial charge in [0.25, 0.3) is 5.56 Å². The van der Waals surface area contributed by atoms with Gasteiger partial charge in [-0.2, -0.15) is 18.3 Å². The maximum Gasteiger partial charge on any atom is 0.418 e. The number of carbonyl (C=O) groups excluding carboxylic acids is 2. The monoisotopic (exact) mass is 432 g/mol. The van der Waals surface area contributed by atoms with Crippen molar-refractivity contribution in [1.82, 2.24) is 14.7 Å². The van der Waals surface area contributed by atoms with Crippen LogP contribution >= 0.6 is 0 Å². The Kier molecular flexibility index (Phi) is 6.09. The van der Waals surface area contributed by atoms with Crippen LogP contribution in [0.25, 0.3) is 10.8 Å². The Labute approximate surface area is 175 Å². The molecule has 1 N–H and O–H groups in total. The molecular formula is C21H19F3N4O3. The lowest BCUT2D eigenvalue weighted by Gasteiger charge is -2.19. The lowest BCUT2D eigenvalue weighted by Crippen LogP contribution is -2.39. The average Bonchev–Trinajstić information content (AvgIpc) is 2.71. The molecule has 1 heterocycles. The number of nitrogens with zero attached hydrogens (tertiary/aromatic N) is 3. The summed E-state index contributed by atoms with van der Waals surface area (Å²) in [4.78, 5) is 38.3. The molecular weight excluding hydrogens is 413 g/mol. The molecule has 31 heavy (non-hydrogen) atoms. The Morgan fingerprint density at radius 3 is 2.35 bits per heavy atom. The maximum atomic E-state index is 13.1. The molecule has 3 rings (SSSR count). The predicted molar refractivity (Wildman–Crippen MR) is 108 cm³/mol. The summed E-state index contributed by atoms with van der Waals surface area (Å²) < 4.78 is 40.2. The van der Waals surface area contributed by atoms with Crippen LogP contribution in [0.4, 0.5) is 18.9 Å². The SMILES string of the molecule is Cc1nn(CC(=O)N(C)CC(=O)Nc2ccccc2C(F)(F)F)c(=O)c2ccccc12. The van der Waals surface area contributed by atoms with Gasteiger partial charge in [0.1, 0.15) is 6.54 Å². The molecule has 0 atom stereocenters. The fourth-order valence-electron chi connectivity index (χ4n) is 3.09. The largest absolute Gasteiger partial charge is 0.418 e. The molecule has 0 aliphatic rings. The highest BCUT2D eigenvalue weighted by Crippen LogP contribution is 2.34. The second-order valence-electron chi connectivity index (χ2n) is 6.94. The van der Waals surface area contributed by atoms with Crippen LogP contribution in [0.5, 0.6) is 0 Å². The first kappa shape index (κ1) is 22.0. The number of anilines is 1. The molecule has 0 fully saturated rings. The number of hydrogen-bond acceptors (Lipinski definition) is 4. The van der Waals surface area contributed by atoms with Crippen molar-refractivity contribution in [2.45, 2.75) is 19.6 Å². The Balaban J connectivity index is 1.71. The van der Waals surface area contributed by atoms with E-state index in [9.17, 15) is 27.6 Å². The van der Waals surface area contributed by atoms with E-state index in [1.807, 2.05) is 0 Å². The van der Waals surface area contributed by atoms with Crippen LogP contribution in [0.3, 0.4) is 0 Å². The summed E-state index contributed by atoms with van der Waals surface area (Å²) >= 11 is 0. The highest BCUT2D eigenvalue weighted by Gasteiger charge is 2.33. The molecule has 0 spiro atoms. The molecule has 0 radical (unpaired) electrons. The minimum atomic E-state index is -4.63. The third-order valence-electron chi connectivity index (χ3n) is 4.65. The minimum Gasteiger partial charge on any atom is -0.335 e.